The molecule has 3 rings (SSSR count). The lowest BCUT2D eigenvalue weighted by Gasteiger charge is -2.07. The molecule has 0 radical (unpaired) electrons. The fraction of sp³-hybridized carbons (Fsp3) is 0.176. The van der Waals surface area contributed by atoms with E-state index in [0.717, 1.165) is 11.1 Å². The number of fused-ring (bicyclic) bond motifs is 1. The average Bonchev–Trinajstić information content (AvgIpc) is 2.93. The zero-order chi connectivity index (χ0) is 18.8. The highest BCUT2D eigenvalue weighted by Crippen LogP contribution is 2.17. The zero-order valence-electron chi connectivity index (χ0n) is 14.3. The first-order chi connectivity index (χ1) is 12.4. The summed E-state index contributed by atoms with van der Waals surface area (Å²) in [5.74, 6) is 0.318. The van der Waals surface area contributed by atoms with Crippen LogP contribution in [-0.4, -0.2) is 25.3 Å². The van der Waals surface area contributed by atoms with E-state index < -0.39 is 11.2 Å². The maximum Gasteiger partial charge on any atom is 0.329 e. The SMILES string of the molecule is C=C(C)Cn1c(N/N=C/c2ccccc2Cl)nc2c1c(=O)[nH]c(=O)n2C. The van der Waals surface area contributed by atoms with Gasteiger partial charge in [0.25, 0.3) is 5.56 Å². The molecule has 0 fully saturated rings. The number of aryl methyl sites for hydroxylation is 1. The van der Waals surface area contributed by atoms with Gasteiger partial charge in [-0.3, -0.25) is 18.9 Å². The van der Waals surface area contributed by atoms with Crippen LogP contribution < -0.4 is 16.7 Å². The minimum absolute atomic E-state index is 0.260. The Morgan fingerprint density at radius 1 is 1.42 bits per heavy atom. The highest BCUT2D eigenvalue weighted by Gasteiger charge is 2.17. The molecule has 1 aromatic carbocycles. The Kier molecular flexibility index (Phi) is 4.77. The third-order valence-electron chi connectivity index (χ3n) is 3.71. The second-order valence-electron chi connectivity index (χ2n) is 5.86. The van der Waals surface area contributed by atoms with Crippen LogP contribution in [0.1, 0.15) is 12.5 Å². The van der Waals surface area contributed by atoms with Crippen LogP contribution in [0, 0.1) is 0 Å². The van der Waals surface area contributed by atoms with E-state index in [1.807, 2.05) is 25.1 Å². The molecule has 0 atom stereocenters. The standard InChI is InChI=1S/C17H17ClN6O2/c1-10(2)9-24-13-14(23(3)17(26)21-15(13)25)20-16(24)22-19-8-11-6-4-5-7-12(11)18/h4-8H,1,9H2,2-3H3,(H,20,22)(H,21,25,26)/b19-8+. The van der Waals surface area contributed by atoms with Crippen molar-refractivity contribution in [1.29, 1.82) is 0 Å². The second-order valence-corrected chi connectivity index (χ2v) is 6.27. The van der Waals surface area contributed by atoms with Crippen molar-refractivity contribution in [3.63, 3.8) is 0 Å². The monoisotopic (exact) mass is 372 g/mol. The maximum absolute atomic E-state index is 12.3. The Bertz CT molecular complexity index is 1140. The van der Waals surface area contributed by atoms with Crippen molar-refractivity contribution in [3.8, 4) is 0 Å². The van der Waals surface area contributed by atoms with E-state index in [4.69, 9.17) is 11.6 Å². The summed E-state index contributed by atoms with van der Waals surface area (Å²) >= 11 is 6.09. The number of hydrazone groups is 1. The summed E-state index contributed by atoms with van der Waals surface area (Å²) in [6.07, 6.45) is 1.55. The highest BCUT2D eigenvalue weighted by atomic mass is 35.5. The zero-order valence-corrected chi connectivity index (χ0v) is 15.0. The van der Waals surface area contributed by atoms with Gasteiger partial charge in [-0.2, -0.15) is 10.1 Å². The number of hydrogen-bond acceptors (Lipinski definition) is 5. The first-order valence-corrected chi connectivity index (χ1v) is 8.14. The van der Waals surface area contributed by atoms with Crippen molar-refractivity contribution in [2.75, 3.05) is 5.43 Å². The van der Waals surface area contributed by atoms with Gasteiger partial charge in [0.15, 0.2) is 11.2 Å². The lowest BCUT2D eigenvalue weighted by molar-refractivity contribution is 0.800. The smallest absolute Gasteiger partial charge is 0.299 e. The van der Waals surface area contributed by atoms with E-state index in [9.17, 15) is 9.59 Å². The molecule has 26 heavy (non-hydrogen) atoms. The van der Waals surface area contributed by atoms with Crippen molar-refractivity contribution in [2.45, 2.75) is 13.5 Å². The molecule has 0 unspecified atom stereocenters. The summed E-state index contributed by atoms with van der Waals surface area (Å²) in [5, 5.41) is 4.71. The maximum atomic E-state index is 12.3. The lowest BCUT2D eigenvalue weighted by Crippen LogP contribution is -2.29. The Balaban J connectivity index is 2.07. The summed E-state index contributed by atoms with van der Waals surface area (Å²) in [6, 6.07) is 7.25. The third kappa shape index (κ3) is 3.31. The molecular weight excluding hydrogens is 356 g/mol. The van der Waals surface area contributed by atoms with Gasteiger partial charge < -0.3 is 0 Å². The van der Waals surface area contributed by atoms with Crippen LogP contribution in [0.3, 0.4) is 0 Å². The molecule has 0 spiro atoms. The average molecular weight is 373 g/mol. The minimum atomic E-state index is -0.534. The summed E-state index contributed by atoms with van der Waals surface area (Å²) in [4.78, 5) is 30.7. The number of nitrogens with zero attached hydrogens (tertiary/aromatic N) is 4. The molecule has 0 bridgehead atoms. The molecular formula is C17H17ClN6O2. The van der Waals surface area contributed by atoms with E-state index in [1.165, 1.54) is 11.6 Å². The summed E-state index contributed by atoms with van der Waals surface area (Å²) in [5.41, 5.74) is 3.84. The van der Waals surface area contributed by atoms with E-state index >= 15 is 0 Å². The van der Waals surface area contributed by atoms with Gasteiger partial charge in [0, 0.05) is 24.2 Å². The second kappa shape index (κ2) is 7.01. The fourth-order valence-corrected chi connectivity index (χ4v) is 2.67. The number of imidazole rings is 1. The van der Waals surface area contributed by atoms with E-state index in [-0.39, 0.29) is 11.2 Å². The van der Waals surface area contributed by atoms with Gasteiger partial charge in [-0.25, -0.2) is 10.2 Å². The van der Waals surface area contributed by atoms with Gasteiger partial charge in [0.1, 0.15) is 0 Å². The number of rotatable bonds is 5. The molecule has 0 aliphatic rings. The topological polar surface area (TPSA) is 97.1 Å². The van der Waals surface area contributed by atoms with Gasteiger partial charge in [0.2, 0.25) is 5.95 Å². The number of allylic oxidation sites excluding steroid dienone is 1. The van der Waals surface area contributed by atoms with Crippen LogP contribution in [0.25, 0.3) is 11.2 Å². The molecule has 0 aliphatic heterocycles. The molecule has 134 valence electrons. The van der Waals surface area contributed by atoms with Crippen LogP contribution in [0.2, 0.25) is 5.02 Å². The largest absolute Gasteiger partial charge is 0.329 e. The number of nitrogens with one attached hydrogen (secondary N) is 2. The van der Waals surface area contributed by atoms with Crippen LogP contribution >= 0.6 is 11.6 Å². The van der Waals surface area contributed by atoms with Crippen molar-refractivity contribution in [2.24, 2.45) is 12.1 Å². The predicted molar refractivity (Wildman–Crippen MR) is 103 cm³/mol. The number of H-pyrrole nitrogens is 1. The number of halogens is 1. The van der Waals surface area contributed by atoms with E-state index in [1.54, 1.807) is 16.8 Å². The fourth-order valence-electron chi connectivity index (χ4n) is 2.48. The van der Waals surface area contributed by atoms with Crippen LogP contribution in [0.15, 0.2) is 51.1 Å². The number of aromatic amines is 1. The molecule has 9 heteroatoms. The summed E-state index contributed by atoms with van der Waals surface area (Å²) < 4.78 is 2.90. The van der Waals surface area contributed by atoms with Crippen molar-refractivity contribution < 1.29 is 0 Å². The van der Waals surface area contributed by atoms with Gasteiger partial charge in [-0.15, -0.1) is 0 Å². The molecule has 2 N–H and O–H groups in total. The normalized spacial score (nSPS) is 11.3. The number of benzene rings is 1. The van der Waals surface area contributed by atoms with Crippen molar-refractivity contribution in [1.82, 2.24) is 19.1 Å². The number of hydrogen-bond donors (Lipinski definition) is 2. The molecule has 0 amide bonds. The molecule has 0 saturated heterocycles. The lowest BCUT2D eigenvalue weighted by atomic mass is 10.2. The van der Waals surface area contributed by atoms with Gasteiger partial charge in [0.05, 0.1) is 6.21 Å². The molecule has 0 aliphatic carbocycles. The quantitative estimate of drug-likeness (QED) is 0.407. The van der Waals surface area contributed by atoms with Crippen LogP contribution in [0.5, 0.6) is 0 Å². The van der Waals surface area contributed by atoms with E-state index in [0.29, 0.717) is 17.5 Å². The Hall–Kier alpha value is -3.13. The van der Waals surface area contributed by atoms with Gasteiger partial charge in [-0.05, 0) is 13.0 Å². The highest BCUT2D eigenvalue weighted by molar-refractivity contribution is 6.33. The first-order valence-electron chi connectivity index (χ1n) is 7.76. The molecule has 2 aromatic heterocycles. The Morgan fingerprint density at radius 2 is 2.15 bits per heavy atom. The van der Waals surface area contributed by atoms with Crippen molar-refractivity contribution in [3.05, 3.63) is 67.8 Å². The van der Waals surface area contributed by atoms with E-state index in [2.05, 4.69) is 27.1 Å². The van der Waals surface area contributed by atoms with Gasteiger partial charge in [-0.1, -0.05) is 42.0 Å². The summed E-state index contributed by atoms with van der Waals surface area (Å²) in [6.45, 7) is 6.06. The Labute approximate surface area is 153 Å². The molecule has 3 aromatic rings. The minimum Gasteiger partial charge on any atom is -0.299 e. The molecule has 2 heterocycles. The van der Waals surface area contributed by atoms with Gasteiger partial charge >= 0.3 is 5.69 Å². The molecule has 0 saturated carbocycles. The van der Waals surface area contributed by atoms with Crippen LogP contribution in [0.4, 0.5) is 5.95 Å². The third-order valence-corrected chi connectivity index (χ3v) is 4.05. The van der Waals surface area contributed by atoms with Crippen LogP contribution in [-0.2, 0) is 13.6 Å². The summed E-state index contributed by atoms with van der Waals surface area (Å²) in [7, 11) is 1.54. The van der Waals surface area contributed by atoms with Crippen molar-refractivity contribution >= 4 is 34.9 Å². The predicted octanol–water partition coefficient (Wildman–Crippen LogP) is 2.10. The number of anilines is 1. The Morgan fingerprint density at radius 3 is 2.85 bits per heavy atom. The molecule has 8 nitrogen and oxygen atoms in total. The number of aromatic nitrogens is 4. The first kappa shape index (κ1) is 17.7.